The van der Waals surface area contributed by atoms with Crippen LogP contribution < -0.4 is 5.73 Å². The molecule has 6 heteroatoms. The Morgan fingerprint density at radius 2 is 1.84 bits per heavy atom. The van der Waals surface area contributed by atoms with Crippen LogP contribution in [0.2, 0.25) is 5.02 Å². The van der Waals surface area contributed by atoms with Crippen molar-refractivity contribution in [2.75, 3.05) is 12.8 Å². The van der Waals surface area contributed by atoms with Gasteiger partial charge in [-0.15, -0.1) is 0 Å². The van der Waals surface area contributed by atoms with E-state index in [4.69, 9.17) is 17.3 Å². The third-order valence-corrected chi connectivity index (χ3v) is 5.77. The van der Waals surface area contributed by atoms with Gasteiger partial charge in [-0.05, 0) is 37.5 Å². The lowest BCUT2D eigenvalue weighted by Crippen LogP contribution is -2.36. The molecule has 0 saturated carbocycles. The van der Waals surface area contributed by atoms with E-state index in [1.165, 1.54) is 16.4 Å². The SMILES string of the molecule is CCC(CC)N(C)S(=O)(=O)c1cc(N)c(C)c(Cl)c1. The van der Waals surface area contributed by atoms with Crippen molar-refractivity contribution in [2.45, 2.75) is 44.6 Å². The van der Waals surface area contributed by atoms with Crippen molar-refractivity contribution >= 4 is 27.3 Å². The number of nitrogens with zero attached hydrogens (tertiary/aromatic N) is 1. The van der Waals surface area contributed by atoms with Gasteiger partial charge in [0.15, 0.2) is 0 Å². The summed E-state index contributed by atoms with van der Waals surface area (Å²) >= 11 is 6.01. The molecular formula is C13H21ClN2O2S. The Morgan fingerprint density at radius 1 is 1.32 bits per heavy atom. The third-order valence-electron chi connectivity index (χ3n) is 3.49. The molecule has 19 heavy (non-hydrogen) atoms. The topological polar surface area (TPSA) is 63.4 Å². The average molecular weight is 305 g/mol. The van der Waals surface area contributed by atoms with Crippen molar-refractivity contribution in [1.29, 1.82) is 0 Å². The number of rotatable bonds is 5. The van der Waals surface area contributed by atoms with Gasteiger partial charge in [0.2, 0.25) is 10.0 Å². The van der Waals surface area contributed by atoms with Crippen LogP contribution >= 0.6 is 11.6 Å². The van der Waals surface area contributed by atoms with Gasteiger partial charge >= 0.3 is 0 Å². The first-order chi connectivity index (χ1) is 8.75. The summed E-state index contributed by atoms with van der Waals surface area (Å²) in [6, 6.07) is 2.91. The molecule has 0 saturated heterocycles. The summed E-state index contributed by atoms with van der Waals surface area (Å²) in [5.41, 5.74) is 6.88. The summed E-state index contributed by atoms with van der Waals surface area (Å²) in [4.78, 5) is 0.148. The zero-order valence-electron chi connectivity index (χ0n) is 11.8. The molecule has 0 aliphatic rings. The van der Waals surface area contributed by atoms with Gasteiger partial charge < -0.3 is 5.73 Å². The quantitative estimate of drug-likeness (QED) is 0.850. The Morgan fingerprint density at radius 3 is 2.26 bits per heavy atom. The number of hydrogen-bond donors (Lipinski definition) is 1. The lowest BCUT2D eigenvalue weighted by molar-refractivity contribution is 0.349. The Hall–Kier alpha value is -0.780. The Bertz CT molecular complexity index is 531. The monoisotopic (exact) mass is 304 g/mol. The largest absolute Gasteiger partial charge is 0.398 e. The molecule has 0 atom stereocenters. The van der Waals surface area contributed by atoms with Crippen LogP contribution in [0.15, 0.2) is 17.0 Å². The first-order valence-corrected chi connectivity index (χ1v) is 8.11. The van der Waals surface area contributed by atoms with Gasteiger partial charge in [0, 0.05) is 23.8 Å². The Balaban J connectivity index is 3.28. The van der Waals surface area contributed by atoms with Crippen LogP contribution in [-0.2, 0) is 10.0 Å². The van der Waals surface area contributed by atoms with Crippen LogP contribution in [-0.4, -0.2) is 25.8 Å². The van der Waals surface area contributed by atoms with Gasteiger partial charge in [-0.2, -0.15) is 4.31 Å². The van der Waals surface area contributed by atoms with Crippen molar-refractivity contribution < 1.29 is 8.42 Å². The molecule has 0 fully saturated rings. The molecule has 0 amide bonds. The highest BCUT2D eigenvalue weighted by molar-refractivity contribution is 7.89. The van der Waals surface area contributed by atoms with Gasteiger partial charge in [-0.1, -0.05) is 25.4 Å². The maximum atomic E-state index is 12.5. The minimum Gasteiger partial charge on any atom is -0.398 e. The summed E-state index contributed by atoms with van der Waals surface area (Å²) in [7, 11) is -1.96. The predicted molar refractivity (Wildman–Crippen MR) is 79.9 cm³/mol. The lowest BCUT2D eigenvalue weighted by atomic mass is 10.2. The van der Waals surface area contributed by atoms with Crippen molar-refractivity contribution in [2.24, 2.45) is 0 Å². The zero-order chi connectivity index (χ0) is 14.8. The van der Waals surface area contributed by atoms with E-state index in [0.29, 0.717) is 16.3 Å². The maximum absolute atomic E-state index is 12.5. The Labute approximate surface area is 120 Å². The summed E-state index contributed by atoms with van der Waals surface area (Å²) in [5, 5.41) is 0.372. The standard InChI is InChI=1S/C13H21ClN2O2S/c1-5-10(6-2)16(4)19(17,18)11-7-12(14)9(3)13(15)8-11/h7-8,10H,5-6,15H2,1-4H3. The number of anilines is 1. The van der Waals surface area contributed by atoms with Crippen molar-refractivity contribution in [3.05, 3.63) is 22.7 Å². The van der Waals surface area contributed by atoms with E-state index in [0.717, 1.165) is 12.8 Å². The van der Waals surface area contributed by atoms with Crippen LogP contribution in [0.4, 0.5) is 5.69 Å². The van der Waals surface area contributed by atoms with Crippen molar-refractivity contribution in [3.63, 3.8) is 0 Å². The third kappa shape index (κ3) is 3.22. The molecule has 1 rings (SSSR count). The zero-order valence-corrected chi connectivity index (χ0v) is 13.3. The second kappa shape index (κ2) is 6.11. The van der Waals surface area contributed by atoms with Gasteiger partial charge in [0.1, 0.15) is 0 Å². The van der Waals surface area contributed by atoms with E-state index < -0.39 is 10.0 Å². The fourth-order valence-electron chi connectivity index (χ4n) is 1.99. The molecule has 4 nitrogen and oxygen atoms in total. The number of halogens is 1. The molecule has 1 aromatic rings. The van der Waals surface area contributed by atoms with E-state index in [1.54, 1.807) is 14.0 Å². The van der Waals surface area contributed by atoms with Gasteiger partial charge in [0.05, 0.1) is 4.90 Å². The van der Waals surface area contributed by atoms with Crippen LogP contribution in [0.3, 0.4) is 0 Å². The summed E-state index contributed by atoms with van der Waals surface area (Å²) < 4.78 is 26.4. The van der Waals surface area contributed by atoms with Crippen LogP contribution in [0.25, 0.3) is 0 Å². The van der Waals surface area contributed by atoms with Gasteiger partial charge in [-0.3, -0.25) is 0 Å². The van der Waals surface area contributed by atoms with Crippen LogP contribution in [0, 0.1) is 6.92 Å². The highest BCUT2D eigenvalue weighted by Gasteiger charge is 2.26. The van der Waals surface area contributed by atoms with E-state index >= 15 is 0 Å². The predicted octanol–water partition coefficient (Wildman–Crippen LogP) is 3.04. The second-order valence-corrected chi connectivity index (χ2v) is 7.02. The molecule has 0 aliphatic heterocycles. The van der Waals surface area contributed by atoms with Crippen molar-refractivity contribution in [1.82, 2.24) is 4.31 Å². The van der Waals surface area contributed by atoms with E-state index in [2.05, 4.69) is 0 Å². The molecular weight excluding hydrogens is 284 g/mol. The highest BCUT2D eigenvalue weighted by atomic mass is 35.5. The minimum absolute atomic E-state index is 0.0219. The minimum atomic E-state index is -3.56. The van der Waals surface area contributed by atoms with Crippen LogP contribution in [0.5, 0.6) is 0 Å². The maximum Gasteiger partial charge on any atom is 0.243 e. The van der Waals surface area contributed by atoms with E-state index in [1.807, 2.05) is 13.8 Å². The summed E-state index contributed by atoms with van der Waals surface area (Å²) in [5.74, 6) is 0. The number of benzene rings is 1. The molecule has 1 aromatic carbocycles. The molecule has 0 unspecified atom stereocenters. The number of hydrogen-bond acceptors (Lipinski definition) is 3. The molecule has 0 aromatic heterocycles. The van der Waals surface area contributed by atoms with E-state index in [-0.39, 0.29) is 10.9 Å². The summed E-state index contributed by atoms with van der Waals surface area (Å²) in [6.07, 6.45) is 1.53. The normalized spacial score (nSPS) is 12.4. The second-order valence-electron chi connectivity index (χ2n) is 4.61. The molecule has 0 radical (unpaired) electrons. The lowest BCUT2D eigenvalue weighted by Gasteiger charge is -2.25. The Kier molecular flexibility index (Phi) is 5.24. The van der Waals surface area contributed by atoms with Gasteiger partial charge in [-0.25, -0.2) is 8.42 Å². The fraction of sp³-hybridized carbons (Fsp3) is 0.538. The van der Waals surface area contributed by atoms with Crippen molar-refractivity contribution in [3.8, 4) is 0 Å². The smallest absolute Gasteiger partial charge is 0.243 e. The first-order valence-electron chi connectivity index (χ1n) is 6.29. The molecule has 0 aliphatic carbocycles. The number of nitrogens with two attached hydrogens (primary N) is 1. The number of sulfonamides is 1. The highest BCUT2D eigenvalue weighted by Crippen LogP contribution is 2.28. The fourth-order valence-corrected chi connectivity index (χ4v) is 3.85. The summed E-state index contributed by atoms with van der Waals surface area (Å²) in [6.45, 7) is 5.70. The first kappa shape index (κ1) is 16.3. The van der Waals surface area contributed by atoms with Crippen LogP contribution in [0.1, 0.15) is 32.3 Å². The molecule has 108 valence electrons. The molecule has 0 spiro atoms. The number of nitrogen functional groups attached to an aromatic ring is 1. The van der Waals surface area contributed by atoms with E-state index in [9.17, 15) is 8.42 Å². The molecule has 2 N–H and O–H groups in total. The average Bonchev–Trinajstić information content (AvgIpc) is 2.36. The van der Waals surface area contributed by atoms with Gasteiger partial charge in [0.25, 0.3) is 0 Å². The molecule has 0 heterocycles. The molecule has 0 bridgehead atoms.